The molecule has 0 radical (unpaired) electrons. The van der Waals surface area contributed by atoms with E-state index in [1.165, 1.54) is 24.0 Å². The summed E-state index contributed by atoms with van der Waals surface area (Å²) in [7, 11) is 0. The number of hydrogen-bond donors (Lipinski definition) is 6. The van der Waals surface area contributed by atoms with Crippen molar-refractivity contribution in [1.29, 1.82) is 0 Å². The number of pyridine rings is 2. The van der Waals surface area contributed by atoms with Gasteiger partial charge in [0, 0.05) is 89.6 Å². The molecule has 1 atom stereocenters. The topological polar surface area (TPSA) is 239 Å². The van der Waals surface area contributed by atoms with Gasteiger partial charge >= 0.3 is 6.09 Å². The number of carbonyl (C=O) groups is 3. The number of amides is 3. The summed E-state index contributed by atoms with van der Waals surface area (Å²) in [6, 6.07) is 32.6. The first kappa shape index (κ1) is 63.8. The molecule has 2 saturated carbocycles. The van der Waals surface area contributed by atoms with Crippen molar-refractivity contribution in [1.82, 2.24) is 70.7 Å². The van der Waals surface area contributed by atoms with Crippen molar-refractivity contribution < 1.29 is 23.9 Å². The molecule has 1 aliphatic heterocycles. The molecule has 6 N–H and O–H groups in total. The minimum Gasteiger partial charge on any atom is -0.444 e. The molecule has 3 amide bonds. The van der Waals surface area contributed by atoms with Gasteiger partial charge in [-0.05, 0) is 151 Å². The zero-order chi connectivity index (χ0) is 64.6. The van der Waals surface area contributed by atoms with Gasteiger partial charge in [0.1, 0.15) is 39.8 Å². The molecule has 0 bridgehead atoms. The van der Waals surface area contributed by atoms with E-state index in [2.05, 4.69) is 97.2 Å². The molecule has 1 unspecified atom stereocenters. The molecule has 3 aliphatic rings. The number of aromatic nitrogens is 10. The zero-order valence-corrected chi connectivity index (χ0v) is 54.6. The molecule has 6 aromatic heterocycles. The number of aromatic amines is 3. The van der Waals surface area contributed by atoms with Crippen LogP contribution < -0.4 is 16.0 Å². The number of nitrogens with one attached hydrogen (secondary N) is 6. The second kappa shape index (κ2) is 28.7. The smallest absolute Gasteiger partial charge is 0.410 e. The molecular formula is C74H86N14O5. The highest BCUT2D eigenvalue weighted by Gasteiger charge is 2.30. The Morgan fingerprint density at radius 3 is 1.73 bits per heavy atom. The third-order valence-electron chi connectivity index (χ3n) is 18.2. The minimum absolute atomic E-state index is 0.121. The van der Waals surface area contributed by atoms with Crippen molar-refractivity contribution in [3.8, 4) is 67.8 Å². The van der Waals surface area contributed by atoms with E-state index in [1.807, 2.05) is 124 Å². The lowest BCUT2D eigenvalue weighted by Crippen LogP contribution is -2.36. The van der Waals surface area contributed by atoms with Crippen LogP contribution in [0, 0.1) is 13.8 Å². The highest BCUT2D eigenvalue weighted by Crippen LogP contribution is 2.39. The van der Waals surface area contributed by atoms with E-state index in [0.717, 1.165) is 150 Å². The highest BCUT2D eigenvalue weighted by molar-refractivity contribution is 6.02. The number of ether oxygens (including phenoxy) is 2. The van der Waals surface area contributed by atoms with Crippen LogP contribution in [0.5, 0.6) is 0 Å². The summed E-state index contributed by atoms with van der Waals surface area (Å²) in [6.07, 6.45) is 20.9. The van der Waals surface area contributed by atoms with E-state index < -0.39 is 5.60 Å². The van der Waals surface area contributed by atoms with Gasteiger partial charge in [-0.1, -0.05) is 118 Å². The van der Waals surface area contributed by atoms with E-state index in [0.29, 0.717) is 65.5 Å². The summed E-state index contributed by atoms with van der Waals surface area (Å²) in [5, 5.41) is 24.7. The third kappa shape index (κ3) is 14.5. The van der Waals surface area contributed by atoms with Crippen LogP contribution in [0.25, 0.3) is 89.6 Å². The number of benzene rings is 4. The van der Waals surface area contributed by atoms with Crippen LogP contribution in [-0.4, -0.2) is 110 Å². The van der Waals surface area contributed by atoms with Crippen LogP contribution >= 0.6 is 0 Å². The van der Waals surface area contributed by atoms with Crippen molar-refractivity contribution in [2.24, 2.45) is 0 Å². The molecule has 0 spiro atoms. The summed E-state index contributed by atoms with van der Waals surface area (Å²) in [6.45, 7) is 17.1. The number of carbonyl (C=O) groups excluding carboxylic acids is 3. The lowest BCUT2D eigenvalue weighted by Gasteiger charge is -2.27. The first-order valence-electron chi connectivity index (χ1n) is 33.3. The van der Waals surface area contributed by atoms with Crippen molar-refractivity contribution in [3.63, 3.8) is 0 Å². The quantitative estimate of drug-likeness (QED) is 0.0499. The Labute approximate surface area is 543 Å². The molecule has 13 rings (SSSR count). The van der Waals surface area contributed by atoms with Crippen LogP contribution in [-0.2, 0) is 22.6 Å². The second-order valence-corrected chi connectivity index (χ2v) is 25.9. The van der Waals surface area contributed by atoms with Crippen LogP contribution in [0.3, 0.4) is 0 Å². The van der Waals surface area contributed by atoms with Gasteiger partial charge in [-0.25, -0.2) is 19.4 Å². The van der Waals surface area contributed by atoms with Crippen LogP contribution in [0.1, 0.15) is 168 Å². The number of fused-ring (bicyclic) bond motifs is 2. The third-order valence-corrected chi connectivity index (χ3v) is 18.2. The Hall–Kier alpha value is -9.33. The van der Waals surface area contributed by atoms with Gasteiger partial charge in [0.15, 0.2) is 17.9 Å². The van der Waals surface area contributed by atoms with Crippen LogP contribution in [0.15, 0.2) is 122 Å². The molecule has 93 heavy (non-hydrogen) atoms. The van der Waals surface area contributed by atoms with Crippen molar-refractivity contribution in [2.75, 3.05) is 19.7 Å². The fraction of sp³-hybridized carbons (Fsp3) is 0.392. The second-order valence-electron chi connectivity index (χ2n) is 25.9. The number of nitrogens with zero attached hydrogens (tertiary/aromatic N) is 8. The van der Waals surface area contributed by atoms with Gasteiger partial charge in [-0.3, -0.25) is 24.7 Å². The standard InChI is InChI=1S/C42H51N7O4.C32H35N7O/c1-6-48(41(51)53-42(3,4)5)26-30-24-43-25-33(27(30)2)29-20-21-34-32(23-29)37(47-49(34)35-19-13-14-22-52-35)39-45-36(28-15-9-7-10-16-28)38(46-39)40(50)44-31-17-11-8-12-18-31;1-3-33-17-23-18-34-19-26(20(23)2)22-14-15-27-25(16-22)29(39-38-27)31-36-28(21-10-6-4-7-11-21)30(37-31)32(40)35-24-12-8-5-9-13-24/h7,9-10,15-16,20-21,23-25,31,35H,6,8,11-14,17-19,22,26H2,1-5H3,(H,44,50)(H,45,46);4,6-7,10-11,14-16,18-19,24,33H,3,5,8-9,12-13,17H2,1-2H3,(H,35,40)(H,36,37)(H,38,39). The van der Waals surface area contributed by atoms with Gasteiger partial charge in [-0.15, -0.1) is 0 Å². The normalized spacial score (nSPS) is 15.6. The lowest BCUT2D eigenvalue weighted by molar-refractivity contribution is -0.0365. The maximum Gasteiger partial charge on any atom is 0.410 e. The highest BCUT2D eigenvalue weighted by atomic mass is 16.6. The van der Waals surface area contributed by atoms with Crippen molar-refractivity contribution >= 4 is 39.7 Å². The van der Waals surface area contributed by atoms with Gasteiger partial charge in [0.05, 0.1) is 17.6 Å². The molecule has 3 fully saturated rings. The molecule has 19 nitrogen and oxygen atoms in total. The molecule has 7 heterocycles. The maximum absolute atomic E-state index is 13.9. The van der Waals surface area contributed by atoms with E-state index in [4.69, 9.17) is 24.5 Å². The van der Waals surface area contributed by atoms with Gasteiger partial charge in [-0.2, -0.15) is 10.2 Å². The average Bonchev–Trinajstić information content (AvgIpc) is 1.70. The summed E-state index contributed by atoms with van der Waals surface area (Å²) in [4.78, 5) is 68.1. The average molecular weight is 1250 g/mol. The summed E-state index contributed by atoms with van der Waals surface area (Å²) in [5.74, 6) is 0.811. The van der Waals surface area contributed by atoms with E-state index >= 15 is 0 Å². The van der Waals surface area contributed by atoms with E-state index in [1.54, 1.807) is 4.90 Å². The predicted molar refractivity (Wildman–Crippen MR) is 365 cm³/mol. The van der Waals surface area contributed by atoms with Crippen LogP contribution in [0.2, 0.25) is 0 Å². The Morgan fingerprint density at radius 2 is 1.17 bits per heavy atom. The first-order valence-corrected chi connectivity index (χ1v) is 33.3. The maximum atomic E-state index is 13.9. The summed E-state index contributed by atoms with van der Waals surface area (Å²) < 4.78 is 13.9. The van der Waals surface area contributed by atoms with Gasteiger partial charge in [0.25, 0.3) is 11.8 Å². The minimum atomic E-state index is -0.588. The molecule has 482 valence electrons. The molecule has 2 aliphatic carbocycles. The lowest BCUT2D eigenvalue weighted by atomic mass is 9.95. The Kier molecular flexibility index (Phi) is 19.7. The van der Waals surface area contributed by atoms with Gasteiger partial charge < -0.3 is 40.3 Å². The molecular weight excluding hydrogens is 1160 g/mol. The monoisotopic (exact) mass is 1250 g/mol. The summed E-state index contributed by atoms with van der Waals surface area (Å²) in [5.41, 5.74) is 14.8. The first-order chi connectivity index (χ1) is 45.2. The SMILES string of the molecule is CCN(Cc1cncc(-c2ccc3c(c2)c(-c2nc(-c4ccccc4)c(C(=O)NC4CCCCC4)[nH]2)nn3C2CCCCO2)c1C)C(=O)OC(C)(C)C.CCNCc1cncc(-c2ccc3[nH]nc(-c4nc(-c5ccccc5)c(C(=O)NC5CCCCC5)[nH]4)c3c2)c1C. The zero-order valence-electron chi connectivity index (χ0n) is 54.6. The number of imidazole rings is 2. The number of rotatable bonds is 17. The fourth-order valence-electron chi connectivity index (χ4n) is 13.1. The Balaban J connectivity index is 0.000000186. The van der Waals surface area contributed by atoms with Gasteiger partial charge in [0.2, 0.25) is 0 Å². The molecule has 19 heteroatoms. The molecule has 4 aromatic carbocycles. The largest absolute Gasteiger partial charge is 0.444 e. The van der Waals surface area contributed by atoms with E-state index in [9.17, 15) is 14.4 Å². The van der Waals surface area contributed by atoms with Crippen LogP contribution in [0.4, 0.5) is 4.79 Å². The predicted octanol–water partition coefficient (Wildman–Crippen LogP) is 15.1. The molecule has 10 aromatic rings. The Bertz CT molecular complexity index is 4240. The van der Waals surface area contributed by atoms with E-state index in [-0.39, 0.29) is 36.2 Å². The number of H-pyrrole nitrogens is 3. The Morgan fingerprint density at radius 1 is 0.624 bits per heavy atom. The molecule has 1 saturated heterocycles. The van der Waals surface area contributed by atoms with Crippen molar-refractivity contribution in [2.45, 2.75) is 169 Å². The van der Waals surface area contributed by atoms with Crippen molar-refractivity contribution in [3.05, 3.63) is 155 Å². The number of hydrogen-bond acceptors (Lipinski definition) is 12. The summed E-state index contributed by atoms with van der Waals surface area (Å²) >= 11 is 0. The fourth-order valence-corrected chi connectivity index (χ4v) is 13.1.